The van der Waals surface area contributed by atoms with Crippen LogP contribution in [0.5, 0.6) is 5.75 Å². The van der Waals surface area contributed by atoms with E-state index in [0.29, 0.717) is 0 Å². The molecule has 0 amide bonds. The lowest BCUT2D eigenvalue weighted by Gasteiger charge is -2.21. The standard InChI is InChI=1S/C15H25NO2/c1-11(2)18-15-8-6-5-7-14(15)9-16-13(4)12(3)10-17/h5-8,11-13,16-17H,9-10H2,1-4H3. The molecule has 2 N–H and O–H groups in total. The van der Waals surface area contributed by atoms with E-state index in [-0.39, 0.29) is 24.7 Å². The van der Waals surface area contributed by atoms with Crippen LogP contribution < -0.4 is 10.1 Å². The van der Waals surface area contributed by atoms with Crippen molar-refractivity contribution in [3.8, 4) is 5.75 Å². The smallest absolute Gasteiger partial charge is 0.124 e. The molecule has 0 bridgehead atoms. The average Bonchev–Trinajstić information content (AvgIpc) is 2.35. The van der Waals surface area contributed by atoms with Gasteiger partial charge in [-0.2, -0.15) is 0 Å². The highest BCUT2D eigenvalue weighted by atomic mass is 16.5. The minimum absolute atomic E-state index is 0.180. The van der Waals surface area contributed by atoms with Crippen LogP contribution in [0.4, 0.5) is 0 Å². The van der Waals surface area contributed by atoms with Crippen LogP contribution in [0.2, 0.25) is 0 Å². The second-order valence-electron chi connectivity index (χ2n) is 5.10. The third-order valence-corrected chi connectivity index (χ3v) is 3.09. The summed E-state index contributed by atoms with van der Waals surface area (Å²) in [6.07, 6.45) is 0.180. The van der Waals surface area contributed by atoms with Crippen molar-refractivity contribution in [2.45, 2.75) is 46.4 Å². The van der Waals surface area contributed by atoms with Crippen molar-refractivity contribution in [3.63, 3.8) is 0 Å². The van der Waals surface area contributed by atoms with Crippen LogP contribution in [-0.2, 0) is 6.54 Å². The fraction of sp³-hybridized carbons (Fsp3) is 0.600. The topological polar surface area (TPSA) is 41.5 Å². The first kappa shape index (κ1) is 15.0. The first-order valence-electron chi connectivity index (χ1n) is 6.63. The van der Waals surface area contributed by atoms with Crippen LogP contribution in [0.1, 0.15) is 33.3 Å². The molecule has 0 saturated heterocycles. The van der Waals surface area contributed by atoms with Gasteiger partial charge in [0.05, 0.1) is 6.10 Å². The molecule has 2 unspecified atom stereocenters. The Labute approximate surface area is 110 Å². The summed E-state index contributed by atoms with van der Waals surface area (Å²) >= 11 is 0. The Balaban J connectivity index is 2.61. The predicted octanol–water partition coefficient (Wildman–Crippen LogP) is 2.58. The Morgan fingerprint density at radius 2 is 1.83 bits per heavy atom. The molecule has 102 valence electrons. The van der Waals surface area contributed by atoms with Crippen LogP contribution in [0.25, 0.3) is 0 Å². The van der Waals surface area contributed by atoms with Gasteiger partial charge in [-0.15, -0.1) is 0 Å². The molecular weight excluding hydrogens is 226 g/mol. The minimum atomic E-state index is 0.180. The third-order valence-electron chi connectivity index (χ3n) is 3.09. The molecule has 0 aliphatic heterocycles. The number of hydrogen-bond acceptors (Lipinski definition) is 3. The second-order valence-corrected chi connectivity index (χ2v) is 5.10. The Bertz CT molecular complexity index is 352. The maximum atomic E-state index is 9.11. The van der Waals surface area contributed by atoms with E-state index in [9.17, 15) is 0 Å². The zero-order chi connectivity index (χ0) is 13.5. The Morgan fingerprint density at radius 3 is 2.44 bits per heavy atom. The quantitative estimate of drug-likeness (QED) is 0.782. The molecule has 1 aromatic carbocycles. The number of ether oxygens (including phenoxy) is 1. The van der Waals surface area contributed by atoms with Crippen LogP contribution in [0.15, 0.2) is 24.3 Å². The Kier molecular flexibility index (Phi) is 6.16. The SMILES string of the molecule is CC(C)Oc1ccccc1CNC(C)C(C)CO. The van der Waals surface area contributed by atoms with Gasteiger partial charge in [0.2, 0.25) is 0 Å². The summed E-state index contributed by atoms with van der Waals surface area (Å²) in [5, 5.41) is 12.5. The molecule has 3 heteroatoms. The molecule has 0 saturated carbocycles. The molecule has 0 heterocycles. The fourth-order valence-corrected chi connectivity index (χ4v) is 1.65. The largest absolute Gasteiger partial charge is 0.491 e. The van der Waals surface area contributed by atoms with Gasteiger partial charge in [-0.1, -0.05) is 25.1 Å². The summed E-state index contributed by atoms with van der Waals surface area (Å²) in [6.45, 7) is 9.15. The van der Waals surface area contributed by atoms with Crippen molar-refractivity contribution >= 4 is 0 Å². The second kappa shape index (κ2) is 7.39. The summed E-state index contributed by atoms with van der Waals surface area (Å²) in [5.41, 5.74) is 1.16. The van der Waals surface area contributed by atoms with Crippen LogP contribution >= 0.6 is 0 Å². The number of hydrogen-bond donors (Lipinski definition) is 2. The average molecular weight is 251 g/mol. The lowest BCUT2D eigenvalue weighted by atomic mass is 10.0. The van der Waals surface area contributed by atoms with Gasteiger partial charge in [0, 0.05) is 24.8 Å². The normalized spacial score (nSPS) is 14.6. The zero-order valence-electron chi connectivity index (χ0n) is 11.8. The summed E-state index contributed by atoms with van der Waals surface area (Å²) < 4.78 is 5.78. The Hall–Kier alpha value is -1.06. The van der Waals surface area contributed by atoms with E-state index in [1.54, 1.807) is 0 Å². The lowest BCUT2D eigenvalue weighted by molar-refractivity contribution is 0.206. The molecule has 0 aromatic heterocycles. The summed E-state index contributed by atoms with van der Waals surface area (Å²) in [4.78, 5) is 0. The van der Waals surface area contributed by atoms with Crippen molar-refractivity contribution < 1.29 is 9.84 Å². The van der Waals surface area contributed by atoms with Gasteiger partial charge in [0.1, 0.15) is 5.75 Å². The van der Waals surface area contributed by atoms with Crippen molar-refractivity contribution in [2.75, 3.05) is 6.61 Å². The number of aliphatic hydroxyl groups excluding tert-OH is 1. The Morgan fingerprint density at radius 1 is 1.17 bits per heavy atom. The van der Waals surface area contributed by atoms with E-state index in [1.807, 2.05) is 39.0 Å². The van der Waals surface area contributed by atoms with E-state index in [4.69, 9.17) is 9.84 Å². The van der Waals surface area contributed by atoms with Crippen molar-refractivity contribution in [3.05, 3.63) is 29.8 Å². The molecule has 0 aliphatic rings. The fourth-order valence-electron chi connectivity index (χ4n) is 1.65. The zero-order valence-corrected chi connectivity index (χ0v) is 11.8. The van der Waals surface area contributed by atoms with Gasteiger partial charge in [-0.25, -0.2) is 0 Å². The third kappa shape index (κ3) is 4.67. The molecule has 2 atom stereocenters. The molecule has 18 heavy (non-hydrogen) atoms. The molecule has 3 nitrogen and oxygen atoms in total. The van der Waals surface area contributed by atoms with Gasteiger partial charge in [-0.3, -0.25) is 0 Å². The first-order chi connectivity index (χ1) is 8.54. The molecular formula is C15H25NO2. The predicted molar refractivity (Wildman–Crippen MR) is 74.8 cm³/mol. The molecule has 0 radical (unpaired) electrons. The van der Waals surface area contributed by atoms with E-state index in [2.05, 4.69) is 18.3 Å². The number of nitrogens with one attached hydrogen (secondary N) is 1. The monoisotopic (exact) mass is 251 g/mol. The van der Waals surface area contributed by atoms with Crippen molar-refractivity contribution in [2.24, 2.45) is 5.92 Å². The maximum absolute atomic E-state index is 9.11. The van der Waals surface area contributed by atoms with Crippen LogP contribution in [0.3, 0.4) is 0 Å². The molecule has 0 aliphatic carbocycles. The molecule has 0 spiro atoms. The number of benzene rings is 1. The van der Waals surface area contributed by atoms with E-state index >= 15 is 0 Å². The summed E-state index contributed by atoms with van der Waals surface area (Å²) in [7, 11) is 0. The highest BCUT2D eigenvalue weighted by Gasteiger charge is 2.11. The van der Waals surface area contributed by atoms with Crippen LogP contribution in [0, 0.1) is 5.92 Å². The molecule has 1 rings (SSSR count). The highest BCUT2D eigenvalue weighted by Crippen LogP contribution is 2.19. The minimum Gasteiger partial charge on any atom is -0.491 e. The van der Waals surface area contributed by atoms with E-state index in [0.717, 1.165) is 17.9 Å². The van der Waals surface area contributed by atoms with Crippen molar-refractivity contribution in [1.29, 1.82) is 0 Å². The highest BCUT2D eigenvalue weighted by molar-refractivity contribution is 5.33. The maximum Gasteiger partial charge on any atom is 0.124 e. The summed E-state index contributed by atoms with van der Waals surface area (Å²) in [6, 6.07) is 8.35. The number of rotatable bonds is 7. The van der Waals surface area contributed by atoms with Gasteiger partial charge in [-0.05, 0) is 32.8 Å². The van der Waals surface area contributed by atoms with Crippen molar-refractivity contribution in [1.82, 2.24) is 5.32 Å². The summed E-state index contributed by atoms with van der Waals surface area (Å²) in [5.74, 6) is 1.19. The molecule has 0 fully saturated rings. The van der Waals surface area contributed by atoms with Crippen LogP contribution in [-0.4, -0.2) is 23.9 Å². The number of aliphatic hydroxyl groups is 1. The molecule has 1 aromatic rings. The van der Waals surface area contributed by atoms with E-state index < -0.39 is 0 Å². The number of para-hydroxylation sites is 1. The van der Waals surface area contributed by atoms with Gasteiger partial charge in [0.15, 0.2) is 0 Å². The van der Waals surface area contributed by atoms with E-state index in [1.165, 1.54) is 0 Å². The first-order valence-corrected chi connectivity index (χ1v) is 6.63. The van der Waals surface area contributed by atoms with Gasteiger partial charge < -0.3 is 15.2 Å². The van der Waals surface area contributed by atoms with Gasteiger partial charge in [0.25, 0.3) is 0 Å². The lowest BCUT2D eigenvalue weighted by Crippen LogP contribution is -2.33. The van der Waals surface area contributed by atoms with Gasteiger partial charge >= 0.3 is 0 Å².